The number of esters is 1. The zero-order valence-electron chi connectivity index (χ0n) is 20.0. The normalized spacial score (nSPS) is 14.9. The van der Waals surface area contributed by atoms with Crippen molar-refractivity contribution >= 4 is 39.9 Å². The molecule has 0 saturated heterocycles. The number of Topliss-reactive ketones (excluding diaryl/α,β-unsaturated/α-hetero) is 2. The zero-order valence-corrected chi connectivity index (χ0v) is 20.0. The fourth-order valence-electron chi connectivity index (χ4n) is 4.47. The zero-order chi connectivity index (χ0) is 25.9. The minimum absolute atomic E-state index is 0.242. The van der Waals surface area contributed by atoms with E-state index in [2.05, 4.69) is 5.32 Å². The van der Waals surface area contributed by atoms with E-state index in [-0.39, 0.29) is 11.1 Å². The fraction of sp³-hybridized carbons (Fsp3) is 0.133. The third-order valence-corrected chi connectivity index (χ3v) is 6.27. The lowest BCUT2D eigenvalue weighted by atomic mass is 9.84. The van der Waals surface area contributed by atoms with Crippen molar-refractivity contribution in [3.63, 3.8) is 0 Å². The molecule has 7 nitrogen and oxygen atoms in total. The number of hydrogen-bond donors (Lipinski definition) is 1. The van der Waals surface area contributed by atoms with E-state index in [0.29, 0.717) is 23.6 Å². The third-order valence-electron chi connectivity index (χ3n) is 6.27. The van der Waals surface area contributed by atoms with Crippen LogP contribution in [-0.4, -0.2) is 30.0 Å². The summed E-state index contributed by atoms with van der Waals surface area (Å²) in [6.45, 7) is 2.35. The third kappa shape index (κ3) is 4.71. The van der Waals surface area contributed by atoms with Gasteiger partial charge in [0, 0.05) is 16.8 Å². The van der Waals surface area contributed by atoms with E-state index in [0.717, 1.165) is 10.8 Å². The maximum Gasteiger partial charge on any atom is 0.339 e. The molecule has 7 heteroatoms. The lowest BCUT2D eigenvalue weighted by molar-refractivity contribution is -0.138. The van der Waals surface area contributed by atoms with E-state index < -0.39 is 35.5 Å². The number of fused-ring (bicyclic) bond motifs is 2. The van der Waals surface area contributed by atoms with Crippen LogP contribution in [0.1, 0.15) is 39.3 Å². The fourth-order valence-corrected chi connectivity index (χ4v) is 4.47. The number of cyclic esters (lactones) is 1. The largest absolute Gasteiger partial charge is 0.494 e. The molecule has 1 heterocycles. The number of carbonyl (C=O) groups excluding carboxylic acids is 4. The molecule has 1 aliphatic heterocycles. The second-order valence-corrected chi connectivity index (χ2v) is 8.59. The van der Waals surface area contributed by atoms with Gasteiger partial charge in [0.2, 0.25) is 5.78 Å². The molecule has 5 rings (SSSR count). The molecule has 2 atom stereocenters. The number of hydrogen-bond acceptors (Lipinski definition) is 6. The van der Waals surface area contributed by atoms with E-state index in [1.807, 2.05) is 31.2 Å². The molecule has 1 N–H and O–H groups in total. The predicted octanol–water partition coefficient (Wildman–Crippen LogP) is 5.16. The number of rotatable bonds is 8. The molecule has 184 valence electrons. The van der Waals surface area contributed by atoms with Crippen LogP contribution in [0.25, 0.3) is 10.8 Å². The maximum atomic E-state index is 13.8. The van der Waals surface area contributed by atoms with Crippen LogP contribution in [-0.2, 0) is 14.3 Å². The summed E-state index contributed by atoms with van der Waals surface area (Å²) in [4.78, 5) is 53.0. The summed E-state index contributed by atoms with van der Waals surface area (Å²) in [5, 5.41) is 4.28. The van der Waals surface area contributed by atoms with Crippen LogP contribution in [0.4, 0.5) is 5.69 Å². The van der Waals surface area contributed by atoms with Crippen molar-refractivity contribution in [3.05, 3.63) is 108 Å². The minimum Gasteiger partial charge on any atom is -0.494 e. The molecular formula is C30H23NO6. The van der Waals surface area contributed by atoms with Crippen molar-refractivity contribution in [2.45, 2.75) is 13.0 Å². The molecule has 1 aliphatic rings. The molecule has 0 spiro atoms. The van der Waals surface area contributed by atoms with Gasteiger partial charge in [-0.2, -0.15) is 0 Å². The average molecular weight is 494 g/mol. The van der Waals surface area contributed by atoms with Gasteiger partial charge in [-0.05, 0) is 54.1 Å². The molecule has 4 aromatic rings. The lowest BCUT2D eigenvalue weighted by Gasteiger charge is -2.21. The quantitative estimate of drug-likeness (QED) is 0.158. The van der Waals surface area contributed by atoms with Gasteiger partial charge in [-0.1, -0.05) is 54.6 Å². The van der Waals surface area contributed by atoms with Crippen LogP contribution >= 0.6 is 0 Å². The van der Waals surface area contributed by atoms with Crippen LogP contribution in [0.5, 0.6) is 5.75 Å². The van der Waals surface area contributed by atoms with Crippen LogP contribution in [0, 0.1) is 5.92 Å². The average Bonchev–Trinajstić information content (AvgIpc) is 3.25. The number of amides is 1. The molecule has 0 fully saturated rings. The van der Waals surface area contributed by atoms with Gasteiger partial charge in [0.15, 0.2) is 5.78 Å². The van der Waals surface area contributed by atoms with Crippen LogP contribution in [0.15, 0.2) is 91.0 Å². The molecule has 0 unspecified atom stereocenters. The van der Waals surface area contributed by atoms with Gasteiger partial charge in [0.05, 0.1) is 12.2 Å². The molecule has 0 radical (unpaired) electrons. The van der Waals surface area contributed by atoms with Gasteiger partial charge in [-0.3, -0.25) is 14.4 Å². The second-order valence-electron chi connectivity index (χ2n) is 8.59. The van der Waals surface area contributed by atoms with E-state index in [1.165, 1.54) is 0 Å². The standard InChI is InChI=1S/C30H23NO6/c1-2-36-22-15-13-21(14-16-22)31-29(34)27(33)25(28-23-9-5-6-10-24(23)30(35)37-28)26(32)20-12-11-18-7-3-4-8-19(18)17-20/h3-17,25,28H,2H2,1H3,(H,31,34)/t25-,28-/m0/s1. The van der Waals surface area contributed by atoms with E-state index in [1.54, 1.807) is 66.7 Å². The Morgan fingerprint density at radius 1 is 0.892 bits per heavy atom. The van der Waals surface area contributed by atoms with Crippen LogP contribution < -0.4 is 10.1 Å². The van der Waals surface area contributed by atoms with Crippen molar-refractivity contribution in [1.82, 2.24) is 0 Å². The van der Waals surface area contributed by atoms with Crippen molar-refractivity contribution in [2.75, 3.05) is 11.9 Å². The van der Waals surface area contributed by atoms with Crippen LogP contribution in [0.3, 0.4) is 0 Å². The Morgan fingerprint density at radius 3 is 2.35 bits per heavy atom. The number of carbonyl (C=O) groups is 4. The predicted molar refractivity (Wildman–Crippen MR) is 138 cm³/mol. The van der Waals surface area contributed by atoms with Crippen molar-refractivity contribution in [1.29, 1.82) is 0 Å². The summed E-state index contributed by atoms with van der Waals surface area (Å²) >= 11 is 0. The summed E-state index contributed by atoms with van der Waals surface area (Å²) in [5.41, 5.74) is 1.27. The first-order valence-corrected chi connectivity index (χ1v) is 11.9. The van der Waals surface area contributed by atoms with Gasteiger partial charge < -0.3 is 14.8 Å². The Morgan fingerprint density at radius 2 is 1.59 bits per heavy atom. The first kappa shape index (κ1) is 23.9. The summed E-state index contributed by atoms with van der Waals surface area (Å²) in [6.07, 6.45) is -1.22. The molecule has 0 bridgehead atoms. The summed E-state index contributed by atoms with van der Waals surface area (Å²) < 4.78 is 10.9. The summed E-state index contributed by atoms with van der Waals surface area (Å²) in [7, 11) is 0. The number of ketones is 2. The smallest absolute Gasteiger partial charge is 0.339 e. The molecule has 0 aliphatic carbocycles. The van der Waals surface area contributed by atoms with Gasteiger partial charge in [0.25, 0.3) is 5.91 Å². The highest BCUT2D eigenvalue weighted by molar-refractivity contribution is 6.45. The van der Waals surface area contributed by atoms with Gasteiger partial charge in [-0.15, -0.1) is 0 Å². The van der Waals surface area contributed by atoms with E-state index >= 15 is 0 Å². The van der Waals surface area contributed by atoms with E-state index in [4.69, 9.17) is 9.47 Å². The Kier molecular flexibility index (Phi) is 6.51. The Labute approximate surface area is 213 Å². The first-order valence-electron chi connectivity index (χ1n) is 11.9. The Hall–Kier alpha value is -4.78. The topological polar surface area (TPSA) is 98.8 Å². The van der Waals surface area contributed by atoms with Gasteiger partial charge >= 0.3 is 5.97 Å². The van der Waals surface area contributed by atoms with E-state index in [9.17, 15) is 19.2 Å². The highest BCUT2D eigenvalue weighted by Gasteiger charge is 2.46. The van der Waals surface area contributed by atoms with Crippen molar-refractivity contribution in [3.8, 4) is 5.75 Å². The highest BCUT2D eigenvalue weighted by atomic mass is 16.5. The van der Waals surface area contributed by atoms with Crippen molar-refractivity contribution < 1.29 is 28.7 Å². The van der Waals surface area contributed by atoms with Gasteiger partial charge in [-0.25, -0.2) is 4.79 Å². The van der Waals surface area contributed by atoms with Crippen LogP contribution in [0.2, 0.25) is 0 Å². The van der Waals surface area contributed by atoms with Gasteiger partial charge in [0.1, 0.15) is 17.8 Å². The molecule has 1 amide bonds. The number of anilines is 1. The Balaban J connectivity index is 1.49. The lowest BCUT2D eigenvalue weighted by Crippen LogP contribution is -2.38. The molecule has 37 heavy (non-hydrogen) atoms. The second kappa shape index (κ2) is 10.1. The summed E-state index contributed by atoms with van der Waals surface area (Å²) in [5.74, 6) is -4.17. The maximum absolute atomic E-state index is 13.8. The molecule has 0 aromatic heterocycles. The highest BCUT2D eigenvalue weighted by Crippen LogP contribution is 2.38. The van der Waals surface area contributed by atoms with Crippen molar-refractivity contribution in [2.24, 2.45) is 5.92 Å². The molecule has 4 aromatic carbocycles. The minimum atomic E-state index is -1.56. The number of benzene rings is 4. The monoisotopic (exact) mass is 493 g/mol. The summed E-state index contributed by atoms with van der Waals surface area (Å²) in [6, 6.07) is 25.6. The molecular weight excluding hydrogens is 470 g/mol. The Bertz CT molecular complexity index is 1520. The first-order chi connectivity index (χ1) is 18.0. The number of ether oxygens (including phenoxy) is 2. The molecule has 0 saturated carbocycles. The SMILES string of the molecule is CCOc1ccc(NC(=O)C(=O)[C@H](C(=O)c2ccc3ccccc3c2)[C@H]2OC(=O)c3ccccc32)cc1. The number of nitrogens with one attached hydrogen (secondary N) is 1.